The first-order valence-corrected chi connectivity index (χ1v) is 9.65. The van der Waals surface area contributed by atoms with Crippen LogP contribution in [0, 0.1) is 5.82 Å². The van der Waals surface area contributed by atoms with Crippen LogP contribution in [0.2, 0.25) is 0 Å². The third-order valence-electron chi connectivity index (χ3n) is 4.26. The summed E-state index contributed by atoms with van der Waals surface area (Å²) in [6.07, 6.45) is 0.484. The summed E-state index contributed by atoms with van der Waals surface area (Å²) in [4.78, 5) is 22.9. The molecule has 2 unspecified atom stereocenters. The van der Waals surface area contributed by atoms with E-state index in [-0.39, 0.29) is 28.3 Å². The van der Waals surface area contributed by atoms with Crippen LogP contribution in [0.4, 0.5) is 9.18 Å². The molecule has 142 valence electrons. The van der Waals surface area contributed by atoms with Gasteiger partial charge in [-0.05, 0) is 36.7 Å². The van der Waals surface area contributed by atoms with Crippen LogP contribution in [0.25, 0.3) is 0 Å². The van der Waals surface area contributed by atoms with Crippen molar-refractivity contribution >= 4 is 22.9 Å². The van der Waals surface area contributed by atoms with Crippen molar-refractivity contribution < 1.29 is 18.7 Å². The summed E-state index contributed by atoms with van der Waals surface area (Å²) in [5, 5.41) is 4.84. The normalized spacial score (nSPS) is 17.6. The van der Waals surface area contributed by atoms with Crippen molar-refractivity contribution in [1.29, 1.82) is 0 Å². The Bertz CT molecular complexity index is 813. The van der Waals surface area contributed by atoms with E-state index in [1.165, 1.54) is 6.07 Å². The predicted octanol–water partition coefficient (Wildman–Crippen LogP) is 3.45. The molecular formula is C20H21FN2O3S. The van der Waals surface area contributed by atoms with Crippen molar-refractivity contribution in [3.05, 3.63) is 65.5 Å². The second-order valence-corrected chi connectivity index (χ2v) is 7.35. The lowest BCUT2D eigenvalue weighted by molar-refractivity contribution is -0.118. The Hall–Kier alpha value is -2.38. The van der Waals surface area contributed by atoms with Crippen LogP contribution in [0.15, 0.2) is 48.5 Å². The number of imide groups is 1. The van der Waals surface area contributed by atoms with Gasteiger partial charge in [0.15, 0.2) is 0 Å². The van der Waals surface area contributed by atoms with E-state index in [2.05, 4.69) is 10.6 Å². The maximum atomic E-state index is 14.0. The van der Waals surface area contributed by atoms with E-state index < -0.39 is 0 Å². The van der Waals surface area contributed by atoms with E-state index >= 15 is 0 Å². The summed E-state index contributed by atoms with van der Waals surface area (Å²) < 4.78 is 19.9. The first-order chi connectivity index (χ1) is 13.1. The molecule has 2 N–H and O–H groups in total. The SMILES string of the molecule is CCNC(COc1ccc(CC2SC(=O)NC2=O)cc1)c1ccccc1F. The molecule has 1 heterocycles. The molecule has 1 aliphatic heterocycles. The molecule has 0 radical (unpaired) electrons. The van der Waals surface area contributed by atoms with Gasteiger partial charge in [0, 0.05) is 5.56 Å². The fraction of sp³-hybridized carbons (Fsp3) is 0.300. The summed E-state index contributed by atoms with van der Waals surface area (Å²) in [5.74, 6) is 0.158. The minimum atomic E-state index is -0.386. The van der Waals surface area contributed by atoms with Crippen molar-refractivity contribution in [1.82, 2.24) is 10.6 Å². The Morgan fingerprint density at radius 2 is 1.93 bits per heavy atom. The largest absolute Gasteiger partial charge is 0.492 e. The number of hydrogen-bond acceptors (Lipinski definition) is 5. The van der Waals surface area contributed by atoms with Crippen molar-refractivity contribution in [3.8, 4) is 5.75 Å². The third-order valence-corrected chi connectivity index (χ3v) is 5.24. The number of likely N-dealkylation sites (N-methyl/N-ethyl adjacent to an activating group) is 1. The van der Waals surface area contributed by atoms with Crippen LogP contribution >= 0.6 is 11.8 Å². The molecule has 2 amide bonds. The average Bonchev–Trinajstić information content (AvgIpc) is 2.97. The molecule has 1 saturated heterocycles. The number of halogens is 1. The highest BCUT2D eigenvalue weighted by Gasteiger charge is 2.31. The van der Waals surface area contributed by atoms with Crippen LogP contribution in [0.1, 0.15) is 24.1 Å². The van der Waals surface area contributed by atoms with E-state index in [0.717, 1.165) is 17.3 Å². The standard InChI is InChI=1S/C20H21FN2O3S/c1-2-22-17(15-5-3-4-6-16(15)21)12-26-14-9-7-13(8-10-14)11-18-19(24)23-20(25)27-18/h3-10,17-18,22H,2,11-12H2,1H3,(H,23,24,25). The van der Waals surface area contributed by atoms with E-state index in [1.54, 1.807) is 18.2 Å². The zero-order valence-electron chi connectivity index (χ0n) is 14.9. The smallest absolute Gasteiger partial charge is 0.286 e. The number of ether oxygens (including phenoxy) is 1. The molecule has 1 aliphatic rings. The summed E-state index contributed by atoms with van der Waals surface area (Å²) >= 11 is 1.02. The molecule has 2 atom stereocenters. The molecule has 2 aromatic rings. The fourth-order valence-electron chi connectivity index (χ4n) is 2.91. The molecule has 1 fully saturated rings. The molecule has 27 heavy (non-hydrogen) atoms. The van der Waals surface area contributed by atoms with Crippen LogP contribution in [-0.4, -0.2) is 29.5 Å². The summed E-state index contributed by atoms with van der Waals surface area (Å²) in [6, 6.07) is 13.8. The highest BCUT2D eigenvalue weighted by Crippen LogP contribution is 2.24. The highest BCUT2D eigenvalue weighted by atomic mass is 32.2. The van der Waals surface area contributed by atoms with Crippen LogP contribution in [-0.2, 0) is 11.2 Å². The van der Waals surface area contributed by atoms with Gasteiger partial charge in [0.05, 0.1) is 11.3 Å². The lowest BCUT2D eigenvalue weighted by atomic mass is 10.1. The third kappa shape index (κ3) is 5.08. The van der Waals surface area contributed by atoms with Gasteiger partial charge in [-0.15, -0.1) is 0 Å². The Balaban J connectivity index is 1.59. The van der Waals surface area contributed by atoms with Gasteiger partial charge < -0.3 is 10.1 Å². The summed E-state index contributed by atoms with van der Waals surface area (Å²) in [5.41, 5.74) is 1.52. The molecule has 5 nitrogen and oxygen atoms in total. The van der Waals surface area contributed by atoms with E-state index in [1.807, 2.05) is 31.2 Å². The van der Waals surface area contributed by atoms with Gasteiger partial charge in [0.1, 0.15) is 18.2 Å². The van der Waals surface area contributed by atoms with E-state index in [0.29, 0.717) is 30.9 Å². The Labute approximate surface area is 161 Å². The van der Waals surface area contributed by atoms with Crippen molar-refractivity contribution in [3.63, 3.8) is 0 Å². The quantitative estimate of drug-likeness (QED) is 0.725. The van der Waals surface area contributed by atoms with Crippen molar-refractivity contribution in [2.24, 2.45) is 0 Å². The van der Waals surface area contributed by atoms with Gasteiger partial charge in [-0.25, -0.2) is 4.39 Å². The zero-order chi connectivity index (χ0) is 19.2. The van der Waals surface area contributed by atoms with Crippen LogP contribution < -0.4 is 15.4 Å². The highest BCUT2D eigenvalue weighted by molar-refractivity contribution is 8.15. The maximum Gasteiger partial charge on any atom is 0.286 e. The molecule has 2 aromatic carbocycles. The number of hydrogen-bond donors (Lipinski definition) is 2. The number of thioether (sulfide) groups is 1. The lowest BCUT2D eigenvalue weighted by Crippen LogP contribution is -2.27. The van der Waals surface area contributed by atoms with Gasteiger partial charge in [0.2, 0.25) is 5.91 Å². The zero-order valence-corrected chi connectivity index (χ0v) is 15.7. The Morgan fingerprint density at radius 1 is 1.19 bits per heavy atom. The second-order valence-electron chi connectivity index (χ2n) is 6.17. The van der Waals surface area contributed by atoms with E-state index in [4.69, 9.17) is 4.74 Å². The molecule has 0 bridgehead atoms. The van der Waals surface area contributed by atoms with Gasteiger partial charge >= 0.3 is 0 Å². The Kier molecular flexibility index (Phi) is 6.47. The number of nitrogens with one attached hydrogen (secondary N) is 2. The summed E-state index contributed by atoms with van der Waals surface area (Å²) in [6.45, 7) is 2.95. The monoisotopic (exact) mass is 388 g/mol. The number of benzene rings is 2. The fourth-order valence-corrected chi connectivity index (χ4v) is 3.77. The second kappa shape index (κ2) is 9.01. The summed E-state index contributed by atoms with van der Waals surface area (Å²) in [7, 11) is 0. The first kappa shape index (κ1) is 19.4. The van der Waals surface area contributed by atoms with Gasteiger partial charge in [-0.3, -0.25) is 14.9 Å². The molecule has 0 aromatic heterocycles. The average molecular weight is 388 g/mol. The predicted molar refractivity (Wildman–Crippen MR) is 103 cm³/mol. The van der Waals surface area contributed by atoms with Gasteiger partial charge in [-0.1, -0.05) is 49.0 Å². The molecule has 0 spiro atoms. The minimum Gasteiger partial charge on any atom is -0.492 e. The maximum absolute atomic E-state index is 14.0. The van der Waals surface area contributed by atoms with Crippen molar-refractivity contribution in [2.75, 3.05) is 13.2 Å². The molecule has 3 rings (SSSR count). The number of rotatable bonds is 8. The number of carbonyl (C=O) groups excluding carboxylic acids is 2. The van der Waals surface area contributed by atoms with Crippen LogP contribution in [0.5, 0.6) is 5.75 Å². The lowest BCUT2D eigenvalue weighted by Gasteiger charge is -2.19. The number of carbonyl (C=O) groups is 2. The van der Waals surface area contributed by atoms with Crippen molar-refractivity contribution in [2.45, 2.75) is 24.6 Å². The molecule has 0 saturated carbocycles. The number of amides is 2. The van der Waals surface area contributed by atoms with Gasteiger partial charge in [0.25, 0.3) is 5.24 Å². The molecular weight excluding hydrogens is 367 g/mol. The van der Waals surface area contributed by atoms with E-state index in [9.17, 15) is 14.0 Å². The first-order valence-electron chi connectivity index (χ1n) is 8.78. The van der Waals surface area contributed by atoms with Crippen LogP contribution in [0.3, 0.4) is 0 Å². The molecule has 7 heteroatoms. The topological polar surface area (TPSA) is 67.4 Å². The Morgan fingerprint density at radius 3 is 2.56 bits per heavy atom. The molecule has 0 aliphatic carbocycles. The van der Waals surface area contributed by atoms with Gasteiger partial charge in [-0.2, -0.15) is 0 Å². The minimum absolute atomic E-state index is 0.247.